The fourth-order valence-corrected chi connectivity index (χ4v) is 1.43. The molecule has 1 N–H and O–H groups in total. The number of methoxy groups -OCH3 is 1. The first kappa shape index (κ1) is 15.0. The molecule has 0 bridgehead atoms. The Bertz CT molecular complexity index is 382. The molecule has 0 aliphatic carbocycles. The van der Waals surface area contributed by atoms with E-state index in [4.69, 9.17) is 4.74 Å². The minimum absolute atomic E-state index is 0.249. The van der Waals surface area contributed by atoms with Crippen molar-refractivity contribution in [1.82, 2.24) is 0 Å². The molecule has 2 nitrogen and oxygen atoms in total. The van der Waals surface area contributed by atoms with E-state index in [1.807, 2.05) is 0 Å². The summed E-state index contributed by atoms with van der Waals surface area (Å²) < 4.78 is 42.2. The molecule has 0 amide bonds. The number of hydrogen-bond acceptors (Lipinski definition) is 2. The topological polar surface area (TPSA) is 29.5 Å². The monoisotopic (exact) mass is 262 g/mol. The van der Waals surface area contributed by atoms with Crippen molar-refractivity contribution in [3.05, 3.63) is 35.4 Å². The summed E-state index contributed by atoms with van der Waals surface area (Å²) in [5.74, 6) is 0. The molecule has 18 heavy (non-hydrogen) atoms. The molecule has 0 aliphatic rings. The van der Waals surface area contributed by atoms with Gasteiger partial charge in [-0.2, -0.15) is 13.2 Å². The quantitative estimate of drug-likeness (QED) is 0.903. The van der Waals surface area contributed by atoms with E-state index in [2.05, 4.69) is 0 Å². The highest BCUT2D eigenvalue weighted by atomic mass is 19.4. The summed E-state index contributed by atoms with van der Waals surface area (Å²) in [6.45, 7) is 3.45. The average molecular weight is 262 g/mol. The maximum atomic E-state index is 12.4. The van der Waals surface area contributed by atoms with E-state index in [1.165, 1.54) is 19.2 Å². The number of hydrogen-bond donors (Lipinski definition) is 1. The van der Waals surface area contributed by atoms with Gasteiger partial charge in [-0.25, -0.2) is 0 Å². The summed E-state index contributed by atoms with van der Waals surface area (Å²) in [5.41, 5.74) is -0.782. The van der Waals surface area contributed by atoms with Crippen LogP contribution in [0.1, 0.15) is 25.0 Å². The number of aliphatic hydroxyl groups is 1. The van der Waals surface area contributed by atoms with Gasteiger partial charge in [0, 0.05) is 13.5 Å². The van der Waals surface area contributed by atoms with Crippen LogP contribution in [-0.2, 0) is 17.3 Å². The maximum absolute atomic E-state index is 12.4. The highest BCUT2D eigenvalue weighted by molar-refractivity contribution is 5.25. The maximum Gasteiger partial charge on any atom is 0.416 e. The lowest BCUT2D eigenvalue weighted by molar-refractivity contribution is -0.137. The van der Waals surface area contributed by atoms with Gasteiger partial charge in [0.1, 0.15) is 0 Å². The molecule has 102 valence electrons. The number of halogens is 3. The molecule has 1 atom stereocenters. The highest BCUT2D eigenvalue weighted by Crippen LogP contribution is 2.29. The van der Waals surface area contributed by atoms with Gasteiger partial charge in [-0.1, -0.05) is 12.1 Å². The average Bonchev–Trinajstić information content (AvgIpc) is 2.28. The lowest BCUT2D eigenvalue weighted by atomic mass is 9.94. The predicted molar refractivity (Wildman–Crippen MR) is 62.2 cm³/mol. The Balaban J connectivity index is 2.76. The van der Waals surface area contributed by atoms with Crippen molar-refractivity contribution in [3.8, 4) is 0 Å². The zero-order valence-corrected chi connectivity index (χ0v) is 10.6. The molecule has 5 heteroatoms. The molecular weight excluding hydrogens is 245 g/mol. The molecule has 1 aromatic carbocycles. The molecule has 1 unspecified atom stereocenters. The Labute approximate surface area is 104 Å². The van der Waals surface area contributed by atoms with Gasteiger partial charge in [0.25, 0.3) is 0 Å². The zero-order valence-electron chi connectivity index (χ0n) is 10.6. The van der Waals surface area contributed by atoms with E-state index in [9.17, 15) is 18.3 Å². The third kappa shape index (κ3) is 3.71. The van der Waals surface area contributed by atoms with Crippen molar-refractivity contribution >= 4 is 0 Å². The van der Waals surface area contributed by atoms with Gasteiger partial charge in [0.2, 0.25) is 0 Å². The lowest BCUT2D eigenvalue weighted by Crippen LogP contribution is -2.39. The van der Waals surface area contributed by atoms with Crippen LogP contribution < -0.4 is 0 Å². The van der Waals surface area contributed by atoms with Crippen molar-refractivity contribution in [2.75, 3.05) is 7.11 Å². The van der Waals surface area contributed by atoms with Crippen LogP contribution >= 0.6 is 0 Å². The Hall–Kier alpha value is -1.07. The summed E-state index contributed by atoms with van der Waals surface area (Å²) >= 11 is 0. The number of alkyl halides is 3. The molecule has 0 spiro atoms. The first-order valence-electron chi connectivity index (χ1n) is 5.56. The van der Waals surface area contributed by atoms with Crippen LogP contribution in [0.15, 0.2) is 24.3 Å². The normalized spacial score (nSPS) is 14.6. The standard InChI is InChI=1S/C13H17F3O2/c1-12(2,18-3)11(17)8-9-4-6-10(7-5-9)13(14,15)16/h4-7,11,17H,8H2,1-3H3. The van der Waals surface area contributed by atoms with Crippen LogP contribution in [0.5, 0.6) is 0 Å². The molecule has 0 aliphatic heterocycles. The van der Waals surface area contributed by atoms with Crippen molar-refractivity contribution in [3.63, 3.8) is 0 Å². The number of ether oxygens (including phenoxy) is 1. The van der Waals surface area contributed by atoms with Crippen LogP contribution in [0.2, 0.25) is 0 Å². The summed E-state index contributed by atoms with van der Waals surface area (Å²) in [7, 11) is 1.48. The van der Waals surface area contributed by atoms with Gasteiger partial charge >= 0.3 is 6.18 Å². The van der Waals surface area contributed by atoms with Crippen LogP contribution in [-0.4, -0.2) is 23.9 Å². The van der Waals surface area contributed by atoms with Crippen LogP contribution in [0.3, 0.4) is 0 Å². The summed E-state index contributed by atoms with van der Waals surface area (Å²) in [5, 5.41) is 9.91. The van der Waals surface area contributed by atoms with E-state index < -0.39 is 23.4 Å². The van der Waals surface area contributed by atoms with Gasteiger partial charge < -0.3 is 9.84 Å². The molecule has 0 saturated carbocycles. The van der Waals surface area contributed by atoms with Gasteiger partial charge in [0.15, 0.2) is 0 Å². The number of benzene rings is 1. The Kier molecular flexibility index (Phi) is 4.40. The second-order valence-electron chi connectivity index (χ2n) is 4.72. The van der Waals surface area contributed by atoms with Crippen molar-refractivity contribution in [2.45, 2.75) is 38.1 Å². The first-order chi connectivity index (χ1) is 8.16. The first-order valence-corrected chi connectivity index (χ1v) is 5.56. The van der Waals surface area contributed by atoms with Crippen molar-refractivity contribution in [2.24, 2.45) is 0 Å². The molecule has 1 aromatic rings. The summed E-state index contributed by atoms with van der Waals surface area (Å²) in [4.78, 5) is 0. The predicted octanol–water partition coefficient (Wildman–Crippen LogP) is 3.03. The second kappa shape index (κ2) is 5.28. The molecule has 0 aromatic heterocycles. The zero-order chi connectivity index (χ0) is 14.0. The number of aliphatic hydroxyl groups excluding tert-OH is 1. The van der Waals surface area contributed by atoms with Gasteiger partial charge in [-0.15, -0.1) is 0 Å². The SMILES string of the molecule is COC(C)(C)C(O)Cc1ccc(C(F)(F)F)cc1. The Morgan fingerprint density at radius 2 is 1.67 bits per heavy atom. The van der Waals surface area contributed by atoms with Gasteiger partial charge in [0.05, 0.1) is 17.3 Å². The van der Waals surface area contributed by atoms with E-state index in [1.54, 1.807) is 13.8 Å². The largest absolute Gasteiger partial charge is 0.416 e. The van der Waals surface area contributed by atoms with E-state index in [-0.39, 0.29) is 6.42 Å². The molecule has 1 rings (SSSR count). The third-order valence-electron chi connectivity index (χ3n) is 3.04. The highest BCUT2D eigenvalue weighted by Gasteiger charge is 2.31. The third-order valence-corrected chi connectivity index (χ3v) is 3.04. The molecule has 0 heterocycles. The Morgan fingerprint density at radius 1 is 1.17 bits per heavy atom. The second-order valence-corrected chi connectivity index (χ2v) is 4.72. The van der Waals surface area contributed by atoms with Crippen molar-refractivity contribution < 1.29 is 23.0 Å². The Morgan fingerprint density at radius 3 is 2.06 bits per heavy atom. The molecule has 0 fully saturated rings. The minimum Gasteiger partial charge on any atom is -0.390 e. The molecular formula is C13H17F3O2. The lowest BCUT2D eigenvalue weighted by Gasteiger charge is -2.29. The van der Waals surface area contributed by atoms with Crippen molar-refractivity contribution in [1.29, 1.82) is 0 Å². The van der Waals surface area contributed by atoms with Crippen LogP contribution in [0, 0.1) is 0 Å². The summed E-state index contributed by atoms with van der Waals surface area (Å²) in [6.07, 6.45) is -4.86. The molecule has 0 saturated heterocycles. The smallest absolute Gasteiger partial charge is 0.390 e. The van der Waals surface area contributed by atoms with E-state index in [0.29, 0.717) is 5.56 Å². The van der Waals surface area contributed by atoms with Crippen LogP contribution in [0.4, 0.5) is 13.2 Å². The number of rotatable bonds is 4. The molecule has 0 radical (unpaired) electrons. The van der Waals surface area contributed by atoms with E-state index in [0.717, 1.165) is 12.1 Å². The van der Waals surface area contributed by atoms with Gasteiger partial charge in [-0.3, -0.25) is 0 Å². The fraction of sp³-hybridized carbons (Fsp3) is 0.538. The fourth-order valence-electron chi connectivity index (χ4n) is 1.43. The summed E-state index contributed by atoms with van der Waals surface area (Å²) in [6, 6.07) is 4.78. The minimum atomic E-state index is -4.33. The van der Waals surface area contributed by atoms with E-state index >= 15 is 0 Å². The van der Waals surface area contributed by atoms with Crippen LogP contribution in [0.25, 0.3) is 0 Å². The van der Waals surface area contributed by atoms with Gasteiger partial charge in [-0.05, 0) is 31.5 Å².